The normalized spacial score (nSPS) is 14.8. The van der Waals surface area contributed by atoms with Gasteiger partial charge in [-0.25, -0.2) is 9.97 Å². The van der Waals surface area contributed by atoms with Crippen LogP contribution in [-0.2, 0) is 4.74 Å². The highest BCUT2D eigenvalue weighted by molar-refractivity contribution is 7.20. The Balaban J connectivity index is 0.000000328. The number of ether oxygens (including phenoxy) is 1. The number of anilines is 1. The standard InChI is InChI=1S/C18H21N3OS.C8H13NO/c1-4-6-14(7-5-2)16-12-15-17(23-16)18(20-13(3)19-15)21-8-10-22-11-9-21;1-6(2)5-8(9-4)7(3)10/h4-7,12H,1,8-11H2,2-3H3;5,10H,3H2,1-2,4H3/b7-5-,14-6+;. The molecule has 176 valence electrons. The SMILES string of the molecule is C=C(O)C(C=C(C)C)=NC.C=C/C=C(\C=C/C)c1cc2nc(C)nc(N3CCOCC3)c2s1. The van der Waals surface area contributed by atoms with Crippen LogP contribution in [-0.4, -0.2) is 54.1 Å². The summed E-state index contributed by atoms with van der Waals surface area (Å²) in [6, 6.07) is 2.15. The summed E-state index contributed by atoms with van der Waals surface area (Å²) in [5, 5.41) is 8.89. The Morgan fingerprint density at radius 2 is 1.97 bits per heavy atom. The van der Waals surface area contributed by atoms with E-state index in [4.69, 9.17) is 14.8 Å². The lowest BCUT2D eigenvalue weighted by Gasteiger charge is -2.28. The first-order chi connectivity index (χ1) is 15.8. The molecule has 6 nitrogen and oxygen atoms in total. The molecule has 0 atom stereocenters. The van der Waals surface area contributed by atoms with Crippen molar-refractivity contribution in [3.8, 4) is 0 Å². The van der Waals surface area contributed by atoms with Gasteiger partial charge in [0.05, 0.1) is 29.1 Å². The molecule has 0 unspecified atom stereocenters. The van der Waals surface area contributed by atoms with E-state index in [1.54, 1.807) is 24.5 Å². The Bertz CT molecular complexity index is 1100. The maximum absolute atomic E-state index is 8.89. The zero-order valence-electron chi connectivity index (χ0n) is 20.3. The molecule has 0 spiro atoms. The summed E-state index contributed by atoms with van der Waals surface area (Å²) in [7, 11) is 1.62. The zero-order valence-corrected chi connectivity index (χ0v) is 21.1. The summed E-state index contributed by atoms with van der Waals surface area (Å²) >= 11 is 1.74. The number of nitrogens with zero attached hydrogens (tertiary/aromatic N) is 4. The highest BCUT2D eigenvalue weighted by Gasteiger charge is 2.19. The summed E-state index contributed by atoms with van der Waals surface area (Å²) in [5.41, 5.74) is 3.80. The number of aliphatic hydroxyl groups excluding tert-OH is 1. The number of rotatable bonds is 6. The number of thiophene rings is 1. The number of aliphatic hydroxyl groups is 1. The largest absolute Gasteiger partial charge is 0.506 e. The van der Waals surface area contributed by atoms with Gasteiger partial charge in [-0.15, -0.1) is 11.3 Å². The highest BCUT2D eigenvalue weighted by atomic mass is 32.1. The molecule has 1 aliphatic heterocycles. The van der Waals surface area contributed by atoms with Gasteiger partial charge in [-0.1, -0.05) is 43.0 Å². The number of morpholine rings is 1. The van der Waals surface area contributed by atoms with E-state index < -0.39 is 0 Å². The molecule has 2 aromatic heterocycles. The average Bonchev–Trinajstić information content (AvgIpc) is 3.21. The van der Waals surface area contributed by atoms with Crippen molar-refractivity contribution in [2.45, 2.75) is 27.7 Å². The highest BCUT2D eigenvalue weighted by Crippen LogP contribution is 2.36. The van der Waals surface area contributed by atoms with Gasteiger partial charge in [0.25, 0.3) is 0 Å². The molecular weight excluding hydrogens is 432 g/mol. The fraction of sp³-hybridized carbons (Fsp3) is 0.346. The van der Waals surface area contributed by atoms with Crippen molar-refractivity contribution in [2.24, 2.45) is 4.99 Å². The zero-order chi connectivity index (χ0) is 24.4. The van der Waals surface area contributed by atoms with Gasteiger partial charge in [0.2, 0.25) is 0 Å². The lowest BCUT2D eigenvalue weighted by molar-refractivity contribution is 0.122. The van der Waals surface area contributed by atoms with Crippen molar-refractivity contribution in [3.63, 3.8) is 0 Å². The Morgan fingerprint density at radius 3 is 2.48 bits per heavy atom. The number of aryl methyl sites for hydroxylation is 1. The lowest BCUT2D eigenvalue weighted by atomic mass is 10.2. The molecule has 0 aromatic carbocycles. The van der Waals surface area contributed by atoms with E-state index in [0.29, 0.717) is 5.71 Å². The van der Waals surface area contributed by atoms with Gasteiger partial charge in [-0.05, 0) is 45.4 Å². The first-order valence-electron chi connectivity index (χ1n) is 10.9. The third-order valence-corrected chi connectivity index (χ3v) is 5.84. The van der Waals surface area contributed by atoms with Crippen LogP contribution in [0.2, 0.25) is 0 Å². The predicted octanol–water partition coefficient (Wildman–Crippen LogP) is 6.08. The Hall–Kier alpha value is -3.03. The third-order valence-electron chi connectivity index (χ3n) is 4.67. The van der Waals surface area contributed by atoms with Crippen LogP contribution < -0.4 is 4.90 Å². The van der Waals surface area contributed by atoms with Crippen molar-refractivity contribution in [1.82, 2.24) is 9.97 Å². The molecule has 1 saturated heterocycles. The summed E-state index contributed by atoms with van der Waals surface area (Å²) < 4.78 is 6.61. The van der Waals surface area contributed by atoms with E-state index in [1.807, 2.05) is 45.9 Å². The molecule has 0 saturated carbocycles. The van der Waals surface area contributed by atoms with Crippen molar-refractivity contribution < 1.29 is 9.84 Å². The van der Waals surface area contributed by atoms with Gasteiger partial charge in [-0.2, -0.15) is 0 Å². The van der Waals surface area contributed by atoms with Gasteiger partial charge in [0, 0.05) is 25.0 Å². The molecule has 0 bridgehead atoms. The molecule has 0 aliphatic carbocycles. The number of hydrogen-bond acceptors (Lipinski definition) is 7. The molecule has 3 rings (SSSR count). The van der Waals surface area contributed by atoms with Crippen molar-refractivity contribution in [2.75, 3.05) is 38.3 Å². The maximum Gasteiger partial charge on any atom is 0.150 e. The summed E-state index contributed by atoms with van der Waals surface area (Å²) in [5.74, 6) is 1.86. The minimum absolute atomic E-state index is 0.0173. The van der Waals surface area contributed by atoms with E-state index >= 15 is 0 Å². The number of hydrogen-bond donors (Lipinski definition) is 1. The quantitative estimate of drug-likeness (QED) is 0.317. The van der Waals surface area contributed by atoms with E-state index in [-0.39, 0.29) is 5.76 Å². The van der Waals surface area contributed by atoms with Gasteiger partial charge >= 0.3 is 0 Å². The molecule has 33 heavy (non-hydrogen) atoms. The van der Waals surface area contributed by atoms with Crippen molar-refractivity contribution >= 4 is 38.7 Å². The molecule has 3 heterocycles. The monoisotopic (exact) mass is 466 g/mol. The van der Waals surface area contributed by atoms with E-state index in [9.17, 15) is 0 Å². The number of fused-ring (bicyclic) bond motifs is 1. The maximum atomic E-state index is 8.89. The first kappa shape index (κ1) is 26.2. The Morgan fingerprint density at radius 1 is 1.27 bits per heavy atom. The second-order valence-electron chi connectivity index (χ2n) is 7.65. The van der Waals surface area contributed by atoms with Crippen LogP contribution in [0.25, 0.3) is 15.8 Å². The molecular formula is C26H34N4O2S. The van der Waals surface area contributed by atoms with E-state index in [2.05, 4.69) is 40.2 Å². The molecule has 1 N–H and O–H groups in total. The molecule has 7 heteroatoms. The molecule has 2 aromatic rings. The number of allylic oxidation sites excluding steroid dienone is 7. The fourth-order valence-electron chi connectivity index (χ4n) is 3.24. The first-order valence-corrected chi connectivity index (χ1v) is 11.7. The minimum atomic E-state index is 0.0173. The fourth-order valence-corrected chi connectivity index (χ4v) is 4.36. The van der Waals surface area contributed by atoms with Crippen LogP contribution in [0.5, 0.6) is 0 Å². The molecule has 1 fully saturated rings. The number of aromatic nitrogens is 2. The van der Waals surface area contributed by atoms with Crippen molar-refractivity contribution in [1.29, 1.82) is 0 Å². The number of aliphatic imine (C=N–C) groups is 1. The van der Waals surface area contributed by atoms with Crippen LogP contribution in [0.4, 0.5) is 5.82 Å². The Labute approximate surface area is 201 Å². The minimum Gasteiger partial charge on any atom is -0.506 e. The van der Waals surface area contributed by atoms with Crippen LogP contribution >= 0.6 is 11.3 Å². The Kier molecular flexibility index (Phi) is 10.2. The van der Waals surface area contributed by atoms with Gasteiger partial charge in [-0.3, -0.25) is 4.99 Å². The average molecular weight is 467 g/mol. The molecule has 1 aliphatic rings. The van der Waals surface area contributed by atoms with Crippen LogP contribution in [0.3, 0.4) is 0 Å². The van der Waals surface area contributed by atoms with E-state index in [1.165, 1.54) is 4.88 Å². The van der Waals surface area contributed by atoms with Gasteiger partial charge in [0.15, 0.2) is 5.82 Å². The van der Waals surface area contributed by atoms with Crippen molar-refractivity contribution in [3.05, 3.63) is 71.6 Å². The van der Waals surface area contributed by atoms with E-state index in [0.717, 1.165) is 59.3 Å². The van der Waals surface area contributed by atoms with Crippen LogP contribution in [0, 0.1) is 6.92 Å². The second kappa shape index (κ2) is 12.9. The molecule has 0 amide bonds. The third kappa shape index (κ3) is 7.51. The predicted molar refractivity (Wildman–Crippen MR) is 143 cm³/mol. The molecule has 0 radical (unpaired) electrons. The summed E-state index contributed by atoms with van der Waals surface area (Å²) in [6.07, 6.45) is 9.77. The van der Waals surface area contributed by atoms with Crippen LogP contribution in [0.1, 0.15) is 31.5 Å². The van der Waals surface area contributed by atoms with Gasteiger partial charge < -0.3 is 14.7 Å². The second-order valence-corrected chi connectivity index (χ2v) is 8.71. The van der Waals surface area contributed by atoms with Gasteiger partial charge in [0.1, 0.15) is 11.6 Å². The summed E-state index contributed by atoms with van der Waals surface area (Å²) in [6.45, 7) is 18.3. The van der Waals surface area contributed by atoms with Crippen LogP contribution in [0.15, 0.2) is 65.9 Å². The smallest absolute Gasteiger partial charge is 0.150 e. The summed E-state index contributed by atoms with van der Waals surface area (Å²) in [4.78, 5) is 16.6. The lowest BCUT2D eigenvalue weighted by Crippen LogP contribution is -2.36. The topological polar surface area (TPSA) is 70.8 Å².